The maximum Gasteiger partial charge on any atom is 0.240 e. The van der Waals surface area contributed by atoms with Crippen LogP contribution in [0.25, 0.3) is 10.8 Å². The van der Waals surface area contributed by atoms with Crippen LogP contribution in [-0.2, 0) is 9.59 Å². The Morgan fingerprint density at radius 3 is 2.00 bits per heavy atom. The minimum Gasteiger partial charge on any atom is -0.399 e. The number of nitrogen functional groups attached to an aromatic ring is 1. The Balaban J connectivity index is 2.73. The lowest BCUT2D eigenvalue weighted by atomic mass is 9.90. The zero-order chi connectivity index (χ0) is 18.3. The molecule has 0 aliphatic rings. The van der Waals surface area contributed by atoms with Crippen LogP contribution in [0.2, 0.25) is 0 Å². The van der Waals surface area contributed by atoms with E-state index in [9.17, 15) is 9.59 Å². The van der Waals surface area contributed by atoms with Gasteiger partial charge in [-0.1, -0.05) is 41.5 Å². The molecule has 5 heteroatoms. The van der Waals surface area contributed by atoms with Crippen LogP contribution in [0.4, 0.5) is 11.5 Å². The first-order valence-corrected chi connectivity index (χ1v) is 7.96. The molecular weight excluding hydrogens is 302 g/mol. The summed E-state index contributed by atoms with van der Waals surface area (Å²) in [6.45, 7) is 10.8. The molecule has 1 heterocycles. The smallest absolute Gasteiger partial charge is 0.240 e. The number of carbonyl (C=O) groups excluding carboxylic acids is 2. The number of nitrogens with two attached hydrogens (primary N) is 1. The molecule has 1 aromatic carbocycles. The van der Waals surface area contributed by atoms with E-state index >= 15 is 0 Å². The minimum atomic E-state index is -0.710. The van der Waals surface area contributed by atoms with Crippen molar-refractivity contribution in [3.8, 4) is 0 Å². The number of amides is 2. The molecular formula is C19H25N3O2. The van der Waals surface area contributed by atoms with E-state index in [1.165, 1.54) is 4.90 Å². The summed E-state index contributed by atoms with van der Waals surface area (Å²) in [7, 11) is 0. The van der Waals surface area contributed by atoms with Crippen LogP contribution in [-0.4, -0.2) is 16.8 Å². The molecule has 128 valence electrons. The quantitative estimate of drug-likeness (QED) is 0.809. The highest BCUT2D eigenvalue weighted by atomic mass is 16.2. The lowest BCUT2D eigenvalue weighted by Gasteiger charge is -2.32. The predicted octanol–water partition coefficient (Wildman–Crippen LogP) is 3.77. The molecule has 0 fully saturated rings. The number of fused-ring (bicyclic) bond motifs is 1. The zero-order valence-corrected chi connectivity index (χ0v) is 15.2. The first-order chi connectivity index (χ1) is 10.9. The number of rotatable bonds is 1. The van der Waals surface area contributed by atoms with Crippen molar-refractivity contribution < 1.29 is 9.59 Å². The Bertz CT molecular complexity index is 772. The van der Waals surface area contributed by atoms with E-state index in [2.05, 4.69) is 4.98 Å². The van der Waals surface area contributed by atoms with Crippen molar-refractivity contribution in [3.05, 3.63) is 30.5 Å². The standard InChI is InChI=1S/C19H25N3O2/c1-18(2,3)16(23)22(17(24)19(4,5)6)15-14-8-7-13(20)11-12(14)9-10-21-15/h7-11H,20H2,1-6H3. The molecule has 2 rings (SSSR count). The summed E-state index contributed by atoms with van der Waals surface area (Å²) in [5, 5.41) is 1.57. The largest absolute Gasteiger partial charge is 0.399 e. The van der Waals surface area contributed by atoms with E-state index in [0.29, 0.717) is 11.5 Å². The molecule has 0 saturated carbocycles. The number of nitrogens with zero attached hydrogens (tertiary/aromatic N) is 2. The van der Waals surface area contributed by atoms with E-state index in [1.54, 1.807) is 59.9 Å². The van der Waals surface area contributed by atoms with Crippen molar-refractivity contribution in [2.75, 3.05) is 10.6 Å². The predicted molar refractivity (Wildman–Crippen MR) is 97.6 cm³/mol. The van der Waals surface area contributed by atoms with E-state index in [1.807, 2.05) is 12.1 Å². The van der Waals surface area contributed by atoms with Gasteiger partial charge >= 0.3 is 0 Å². The highest BCUT2D eigenvalue weighted by Crippen LogP contribution is 2.32. The molecule has 2 aromatic rings. The van der Waals surface area contributed by atoms with Gasteiger partial charge in [-0.25, -0.2) is 9.88 Å². The van der Waals surface area contributed by atoms with Gasteiger partial charge in [-0.3, -0.25) is 9.59 Å². The second kappa shape index (κ2) is 5.89. The average Bonchev–Trinajstić information content (AvgIpc) is 2.45. The summed E-state index contributed by atoms with van der Waals surface area (Å²) in [6.07, 6.45) is 1.59. The van der Waals surface area contributed by atoms with Crippen LogP contribution >= 0.6 is 0 Å². The third kappa shape index (κ3) is 3.40. The van der Waals surface area contributed by atoms with Gasteiger partial charge in [0.2, 0.25) is 11.8 Å². The van der Waals surface area contributed by atoms with E-state index in [-0.39, 0.29) is 11.8 Å². The fourth-order valence-corrected chi connectivity index (χ4v) is 2.31. The normalized spacial score (nSPS) is 12.2. The number of anilines is 2. The van der Waals surface area contributed by atoms with E-state index in [0.717, 1.165) is 10.8 Å². The monoisotopic (exact) mass is 327 g/mol. The first kappa shape index (κ1) is 17.9. The molecule has 0 radical (unpaired) electrons. The van der Waals surface area contributed by atoms with Crippen molar-refractivity contribution in [2.45, 2.75) is 41.5 Å². The third-order valence-electron chi connectivity index (χ3n) is 3.67. The Labute approximate surface area is 142 Å². The Hall–Kier alpha value is -2.43. The van der Waals surface area contributed by atoms with Gasteiger partial charge in [0.1, 0.15) is 5.82 Å². The Morgan fingerprint density at radius 2 is 1.50 bits per heavy atom. The van der Waals surface area contributed by atoms with E-state index < -0.39 is 10.8 Å². The fourth-order valence-electron chi connectivity index (χ4n) is 2.31. The second-order valence-corrected chi connectivity index (χ2v) is 8.06. The summed E-state index contributed by atoms with van der Waals surface area (Å²) < 4.78 is 0. The van der Waals surface area contributed by atoms with Crippen molar-refractivity contribution in [2.24, 2.45) is 10.8 Å². The molecule has 0 atom stereocenters. The van der Waals surface area contributed by atoms with Gasteiger partial charge in [0.05, 0.1) is 0 Å². The molecule has 0 spiro atoms. The SMILES string of the molecule is CC(C)(C)C(=O)N(C(=O)C(C)(C)C)c1nccc2cc(N)ccc12. The van der Waals surface area contributed by atoms with Crippen LogP contribution in [0.1, 0.15) is 41.5 Å². The Morgan fingerprint density at radius 1 is 0.958 bits per heavy atom. The van der Waals surface area contributed by atoms with Crippen molar-refractivity contribution in [3.63, 3.8) is 0 Å². The zero-order valence-electron chi connectivity index (χ0n) is 15.2. The number of imide groups is 1. The van der Waals surface area contributed by atoms with Gasteiger partial charge in [0, 0.05) is 28.1 Å². The molecule has 0 aliphatic heterocycles. The molecule has 5 nitrogen and oxygen atoms in total. The molecule has 1 aromatic heterocycles. The van der Waals surface area contributed by atoms with Gasteiger partial charge in [0.25, 0.3) is 0 Å². The molecule has 24 heavy (non-hydrogen) atoms. The summed E-state index contributed by atoms with van der Waals surface area (Å²) in [4.78, 5) is 31.6. The number of hydrogen-bond acceptors (Lipinski definition) is 4. The topological polar surface area (TPSA) is 76.3 Å². The fraction of sp³-hybridized carbons (Fsp3) is 0.421. The van der Waals surface area contributed by atoms with Crippen LogP contribution in [0, 0.1) is 10.8 Å². The third-order valence-corrected chi connectivity index (χ3v) is 3.67. The number of pyridine rings is 1. The summed E-state index contributed by atoms with van der Waals surface area (Å²) >= 11 is 0. The molecule has 0 bridgehead atoms. The number of hydrogen-bond donors (Lipinski definition) is 1. The summed E-state index contributed by atoms with van der Waals surface area (Å²) in [5.41, 5.74) is 5.04. The maximum absolute atomic E-state index is 13.0. The van der Waals surface area contributed by atoms with Crippen molar-refractivity contribution in [1.29, 1.82) is 0 Å². The van der Waals surface area contributed by atoms with Gasteiger partial charge in [-0.15, -0.1) is 0 Å². The van der Waals surface area contributed by atoms with Gasteiger partial charge < -0.3 is 5.73 Å². The second-order valence-electron chi connectivity index (χ2n) is 8.06. The first-order valence-electron chi connectivity index (χ1n) is 7.96. The summed E-state index contributed by atoms with van der Waals surface area (Å²) in [5.74, 6) is -0.203. The van der Waals surface area contributed by atoms with E-state index in [4.69, 9.17) is 5.73 Å². The summed E-state index contributed by atoms with van der Waals surface area (Å²) in [6, 6.07) is 7.17. The molecule has 2 N–H and O–H groups in total. The highest BCUT2D eigenvalue weighted by molar-refractivity contribution is 6.20. The minimum absolute atomic E-state index is 0.278. The van der Waals surface area contributed by atoms with Crippen LogP contribution < -0.4 is 10.6 Å². The lowest BCUT2D eigenvalue weighted by Crippen LogP contribution is -2.48. The molecule has 2 amide bonds. The lowest BCUT2D eigenvalue weighted by molar-refractivity contribution is -0.134. The number of aromatic nitrogens is 1. The highest BCUT2D eigenvalue weighted by Gasteiger charge is 2.38. The number of carbonyl (C=O) groups is 2. The van der Waals surface area contributed by atoms with Gasteiger partial charge in [-0.05, 0) is 29.7 Å². The molecule has 0 saturated heterocycles. The molecule has 0 aliphatic carbocycles. The maximum atomic E-state index is 13.0. The average molecular weight is 327 g/mol. The Kier molecular flexibility index (Phi) is 4.40. The van der Waals surface area contributed by atoms with Crippen LogP contribution in [0.5, 0.6) is 0 Å². The van der Waals surface area contributed by atoms with Crippen molar-refractivity contribution in [1.82, 2.24) is 4.98 Å². The van der Waals surface area contributed by atoms with Crippen LogP contribution in [0.3, 0.4) is 0 Å². The molecule has 0 unspecified atom stereocenters. The number of benzene rings is 1. The van der Waals surface area contributed by atoms with Gasteiger partial charge in [-0.2, -0.15) is 0 Å². The van der Waals surface area contributed by atoms with Crippen molar-refractivity contribution >= 4 is 34.1 Å². The van der Waals surface area contributed by atoms with Gasteiger partial charge in [0.15, 0.2) is 0 Å². The van der Waals surface area contributed by atoms with Crippen LogP contribution in [0.15, 0.2) is 30.5 Å².